The van der Waals surface area contributed by atoms with E-state index in [0.717, 1.165) is 10.5 Å². The van der Waals surface area contributed by atoms with Gasteiger partial charge in [-0.3, -0.25) is 9.59 Å². The maximum atomic E-state index is 12.4. The summed E-state index contributed by atoms with van der Waals surface area (Å²) in [5, 5.41) is 1.31. The molecule has 4 nitrogen and oxygen atoms in total. The van der Waals surface area contributed by atoms with Crippen LogP contribution in [0.2, 0.25) is 10.0 Å². The molecular formula is C19H20Cl2N2O2S. The molecule has 0 aromatic heterocycles. The lowest BCUT2D eigenvalue weighted by Gasteiger charge is -2.19. The van der Waals surface area contributed by atoms with Crippen molar-refractivity contribution in [3.8, 4) is 0 Å². The molecule has 0 saturated carbocycles. The van der Waals surface area contributed by atoms with Crippen molar-refractivity contribution < 1.29 is 9.59 Å². The van der Waals surface area contributed by atoms with Crippen LogP contribution in [0.4, 0.5) is 0 Å². The standard InChI is InChI=1S/C19H20Cl2N2O2S/c1-22(2)18(24)11-23(3)19(25)14-6-4-13(5-7-14)12-26-17-10-15(20)8-9-16(17)21/h4-10H,11-12H2,1-3H3. The molecule has 0 fully saturated rings. The zero-order chi connectivity index (χ0) is 19.3. The average molecular weight is 411 g/mol. The van der Waals surface area contributed by atoms with Crippen molar-refractivity contribution in [1.29, 1.82) is 0 Å². The molecule has 0 spiro atoms. The third-order valence-corrected chi connectivity index (χ3v) is 5.51. The summed E-state index contributed by atoms with van der Waals surface area (Å²) in [4.78, 5) is 27.9. The highest BCUT2D eigenvalue weighted by Crippen LogP contribution is 2.32. The highest BCUT2D eigenvalue weighted by Gasteiger charge is 2.15. The van der Waals surface area contributed by atoms with Gasteiger partial charge in [0.2, 0.25) is 5.91 Å². The summed E-state index contributed by atoms with van der Waals surface area (Å²) in [6.45, 7) is 0.0523. The van der Waals surface area contributed by atoms with Gasteiger partial charge in [-0.05, 0) is 35.9 Å². The van der Waals surface area contributed by atoms with Gasteiger partial charge in [0.05, 0.1) is 11.6 Å². The van der Waals surface area contributed by atoms with Crippen LogP contribution in [0, 0.1) is 0 Å². The monoisotopic (exact) mass is 410 g/mol. The largest absolute Gasteiger partial charge is 0.347 e. The Balaban J connectivity index is 1.98. The van der Waals surface area contributed by atoms with E-state index in [9.17, 15) is 9.59 Å². The number of rotatable bonds is 6. The third kappa shape index (κ3) is 5.66. The molecule has 0 atom stereocenters. The first-order valence-electron chi connectivity index (χ1n) is 7.90. The van der Waals surface area contributed by atoms with Gasteiger partial charge < -0.3 is 9.80 Å². The molecule has 0 N–H and O–H groups in total. The van der Waals surface area contributed by atoms with Crippen molar-refractivity contribution >= 4 is 46.8 Å². The second kappa shape index (κ2) is 9.31. The molecule has 0 aliphatic carbocycles. The fourth-order valence-electron chi connectivity index (χ4n) is 2.13. The van der Waals surface area contributed by atoms with E-state index in [2.05, 4.69) is 0 Å². The highest BCUT2D eigenvalue weighted by molar-refractivity contribution is 7.98. The molecule has 0 aliphatic heterocycles. The number of amides is 2. The van der Waals surface area contributed by atoms with Gasteiger partial charge in [-0.1, -0.05) is 35.3 Å². The van der Waals surface area contributed by atoms with E-state index in [1.807, 2.05) is 18.2 Å². The lowest BCUT2D eigenvalue weighted by atomic mass is 10.1. The molecule has 0 bridgehead atoms. The van der Waals surface area contributed by atoms with E-state index in [-0.39, 0.29) is 18.4 Å². The molecule has 0 saturated heterocycles. The van der Waals surface area contributed by atoms with Crippen LogP contribution < -0.4 is 0 Å². The van der Waals surface area contributed by atoms with Gasteiger partial charge in [0.1, 0.15) is 0 Å². The molecular weight excluding hydrogens is 391 g/mol. The zero-order valence-corrected chi connectivity index (χ0v) is 17.2. The molecule has 2 aromatic carbocycles. The van der Waals surface area contributed by atoms with Crippen molar-refractivity contribution in [2.75, 3.05) is 27.7 Å². The minimum Gasteiger partial charge on any atom is -0.347 e. The Bertz CT molecular complexity index is 795. The Morgan fingerprint density at radius 1 is 1.00 bits per heavy atom. The number of halogens is 2. The van der Waals surface area contributed by atoms with Crippen LogP contribution in [0.3, 0.4) is 0 Å². The van der Waals surface area contributed by atoms with Gasteiger partial charge in [0, 0.05) is 42.4 Å². The predicted molar refractivity (Wildman–Crippen MR) is 108 cm³/mol. The number of likely N-dealkylation sites (N-methyl/N-ethyl adjacent to an activating group) is 2. The van der Waals surface area contributed by atoms with Crippen LogP contribution in [-0.4, -0.2) is 49.3 Å². The maximum Gasteiger partial charge on any atom is 0.254 e. The van der Waals surface area contributed by atoms with Crippen molar-refractivity contribution in [2.45, 2.75) is 10.6 Å². The van der Waals surface area contributed by atoms with Crippen LogP contribution >= 0.6 is 35.0 Å². The van der Waals surface area contributed by atoms with Gasteiger partial charge in [-0.2, -0.15) is 0 Å². The van der Waals surface area contributed by atoms with Gasteiger partial charge >= 0.3 is 0 Å². The maximum absolute atomic E-state index is 12.4. The molecule has 0 heterocycles. The van der Waals surface area contributed by atoms with Crippen LogP contribution in [0.15, 0.2) is 47.4 Å². The number of hydrogen-bond acceptors (Lipinski definition) is 3. The van der Waals surface area contributed by atoms with Crippen molar-refractivity contribution in [2.24, 2.45) is 0 Å². The minimum absolute atomic E-state index is 0.0523. The van der Waals surface area contributed by atoms with Gasteiger partial charge in [-0.15, -0.1) is 11.8 Å². The van der Waals surface area contributed by atoms with Gasteiger partial charge in [-0.25, -0.2) is 0 Å². The number of nitrogens with zero attached hydrogens (tertiary/aromatic N) is 2. The highest BCUT2D eigenvalue weighted by atomic mass is 35.5. The molecule has 138 valence electrons. The van der Waals surface area contributed by atoms with E-state index in [0.29, 0.717) is 21.4 Å². The second-order valence-electron chi connectivity index (χ2n) is 6.01. The fourth-order valence-corrected chi connectivity index (χ4v) is 3.58. The number of carbonyl (C=O) groups is 2. The fraction of sp³-hybridized carbons (Fsp3) is 0.263. The molecule has 0 aliphatic rings. The van der Waals surface area contributed by atoms with E-state index in [4.69, 9.17) is 23.2 Å². The Kier molecular flexibility index (Phi) is 7.38. The first kappa shape index (κ1) is 20.6. The Morgan fingerprint density at radius 3 is 2.27 bits per heavy atom. The molecule has 26 heavy (non-hydrogen) atoms. The average Bonchev–Trinajstić information content (AvgIpc) is 2.62. The first-order chi connectivity index (χ1) is 12.3. The minimum atomic E-state index is -0.183. The third-order valence-electron chi connectivity index (χ3n) is 3.71. The predicted octanol–water partition coefficient (Wildman–Crippen LogP) is 4.45. The number of thioether (sulfide) groups is 1. The van der Waals surface area contributed by atoms with E-state index >= 15 is 0 Å². The van der Waals surface area contributed by atoms with Crippen molar-refractivity contribution in [3.63, 3.8) is 0 Å². The molecule has 2 aromatic rings. The number of hydrogen-bond donors (Lipinski definition) is 0. The summed E-state index contributed by atoms with van der Waals surface area (Å²) >= 11 is 13.7. The zero-order valence-electron chi connectivity index (χ0n) is 14.8. The Morgan fingerprint density at radius 2 is 1.65 bits per heavy atom. The van der Waals surface area contributed by atoms with Crippen molar-refractivity contribution in [1.82, 2.24) is 9.80 Å². The summed E-state index contributed by atoms with van der Waals surface area (Å²) in [5.74, 6) is 0.410. The van der Waals surface area contributed by atoms with Crippen LogP contribution in [0.5, 0.6) is 0 Å². The molecule has 0 radical (unpaired) electrons. The molecule has 7 heteroatoms. The first-order valence-corrected chi connectivity index (χ1v) is 9.64. The number of carbonyl (C=O) groups excluding carboxylic acids is 2. The van der Waals surface area contributed by atoms with Crippen molar-refractivity contribution in [3.05, 3.63) is 63.6 Å². The van der Waals surface area contributed by atoms with E-state index in [1.165, 1.54) is 9.80 Å². The SMILES string of the molecule is CN(C)C(=O)CN(C)C(=O)c1ccc(CSc2cc(Cl)ccc2Cl)cc1. The Labute approximate surface area is 168 Å². The van der Waals surface area contributed by atoms with Crippen LogP contribution in [0.1, 0.15) is 15.9 Å². The summed E-state index contributed by atoms with van der Waals surface area (Å²) in [6, 6.07) is 12.7. The molecule has 2 rings (SSSR count). The lowest BCUT2D eigenvalue weighted by Crippen LogP contribution is -2.37. The van der Waals surface area contributed by atoms with Gasteiger partial charge in [0.25, 0.3) is 5.91 Å². The smallest absolute Gasteiger partial charge is 0.254 e. The Hall–Kier alpha value is -1.69. The molecule has 0 unspecified atom stereocenters. The summed E-state index contributed by atoms with van der Waals surface area (Å²) in [5.41, 5.74) is 1.61. The summed E-state index contributed by atoms with van der Waals surface area (Å²) in [6.07, 6.45) is 0. The number of benzene rings is 2. The normalized spacial score (nSPS) is 10.5. The molecule has 2 amide bonds. The van der Waals surface area contributed by atoms with E-state index in [1.54, 1.807) is 57.2 Å². The van der Waals surface area contributed by atoms with E-state index < -0.39 is 0 Å². The summed E-state index contributed by atoms with van der Waals surface area (Å²) in [7, 11) is 4.95. The quantitative estimate of drug-likeness (QED) is 0.660. The summed E-state index contributed by atoms with van der Waals surface area (Å²) < 4.78 is 0. The lowest BCUT2D eigenvalue weighted by molar-refractivity contribution is -0.129. The topological polar surface area (TPSA) is 40.6 Å². The van der Waals surface area contributed by atoms with Gasteiger partial charge in [0.15, 0.2) is 0 Å². The second-order valence-corrected chi connectivity index (χ2v) is 7.87. The van der Waals surface area contributed by atoms with Crippen LogP contribution in [0.25, 0.3) is 0 Å². The van der Waals surface area contributed by atoms with Crippen LogP contribution in [-0.2, 0) is 10.5 Å².